The summed E-state index contributed by atoms with van der Waals surface area (Å²) in [6.07, 6.45) is 5.51. The first kappa shape index (κ1) is 14.1. The van der Waals surface area contributed by atoms with Crippen molar-refractivity contribution in [3.05, 3.63) is 29.8 Å². The van der Waals surface area contributed by atoms with Crippen LogP contribution >= 0.6 is 0 Å². The summed E-state index contributed by atoms with van der Waals surface area (Å²) in [5.41, 5.74) is 1.15. The Morgan fingerprint density at radius 1 is 1.24 bits per heavy atom. The molecule has 0 aromatic heterocycles. The van der Waals surface area contributed by atoms with Crippen LogP contribution in [0.4, 0.5) is 5.69 Å². The Kier molecular flexibility index (Phi) is 4.21. The maximum absolute atomic E-state index is 12.1. The van der Waals surface area contributed by atoms with E-state index in [0.29, 0.717) is 23.6 Å². The van der Waals surface area contributed by atoms with Crippen molar-refractivity contribution in [2.75, 3.05) is 18.4 Å². The van der Waals surface area contributed by atoms with Crippen LogP contribution < -0.4 is 5.32 Å². The van der Waals surface area contributed by atoms with Crippen molar-refractivity contribution in [1.82, 2.24) is 4.90 Å². The van der Waals surface area contributed by atoms with Crippen molar-refractivity contribution in [2.45, 2.75) is 38.1 Å². The number of benzene rings is 1. The number of nitriles is 1. The van der Waals surface area contributed by atoms with E-state index >= 15 is 0 Å². The van der Waals surface area contributed by atoms with Crippen molar-refractivity contribution in [3.8, 4) is 6.07 Å². The number of likely N-dealkylation sites (tertiary alicyclic amines) is 1. The SMILES string of the molecule is N#Cc1ccccc1NC(=O)CC1CCN(C2CC2)CC1. The molecule has 1 amide bonds. The van der Waals surface area contributed by atoms with Crippen LogP contribution in [0.2, 0.25) is 0 Å². The molecule has 2 aliphatic rings. The minimum absolute atomic E-state index is 0.0302. The summed E-state index contributed by atoms with van der Waals surface area (Å²) in [4.78, 5) is 14.7. The highest BCUT2D eigenvalue weighted by atomic mass is 16.1. The van der Waals surface area contributed by atoms with E-state index in [9.17, 15) is 4.79 Å². The molecule has 1 saturated heterocycles. The zero-order valence-electron chi connectivity index (χ0n) is 12.2. The summed E-state index contributed by atoms with van der Waals surface area (Å²) in [5.74, 6) is 0.511. The Hall–Kier alpha value is -1.86. The van der Waals surface area contributed by atoms with Crippen LogP contribution in [0.25, 0.3) is 0 Å². The van der Waals surface area contributed by atoms with Gasteiger partial charge in [-0.25, -0.2) is 0 Å². The van der Waals surface area contributed by atoms with Crippen LogP contribution in [-0.4, -0.2) is 29.9 Å². The van der Waals surface area contributed by atoms with Crippen molar-refractivity contribution in [3.63, 3.8) is 0 Å². The molecule has 4 nitrogen and oxygen atoms in total. The van der Waals surface area contributed by atoms with Gasteiger partial charge in [0.25, 0.3) is 0 Å². The first-order valence-corrected chi connectivity index (χ1v) is 7.79. The number of rotatable bonds is 4. The van der Waals surface area contributed by atoms with E-state index in [4.69, 9.17) is 5.26 Å². The van der Waals surface area contributed by atoms with Gasteiger partial charge in [0.05, 0.1) is 11.3 Å². The van der Waals surface area contributed by atoms with Crippen LogP contribution in [0.1, 0.15) is 37.7 Å². The Labute approximate surface area is 125 Å². The Morgan fingerprint density at radius 2 is 1.95 bits per heavy atom. The molecule has 0 radical (unpaired) electrons. The fourth-order valence-electron chi connectivity index (χ4n) is 3.11. The molecule has 1 aromatic carbocycles. The van der Waals surface area contributed by atoms with Gasteiger partial charge in [-0.05, 0) is 56.8 Å². The summed E-state index contributed by atoms with van der Waals surface area (Å²) < 4.78 is 0. The smallest absolute Gasteiger partial charge is 0.224 e. The molecule has 1 saturated carbocycles. The van der Waals surface area contributed by atoms with Crippen LogP contribution in [0, 0.1) is 17.2 Å². The summed E-state index contributed by atoms with van der Waals surface area (Å²) in [5, 5.41) is 11.9. The fourth-order valence-corrected chi connectivity index (χ4v) is 3.11. The molecule has 1 heterocycles. The number of carbonyl (C=O) groups excluding carboxylic acids is 1. The largest absolute Gasteiger partial charge is 0.325 e. The van der Waals surface area contributed by atoms with Crippen molar-refractivity contribution in [2.24, 2.45) is 5.92 Å². The van der Waals surface area contributed by atoms with Crippen LogP contribution in [0.5, 0.6) is 0 Å². The monoisotopic (exact) mass is 283 g/mol. The number of nitrogens with zero attached hydrogens (tertiary/aromatic N) is 2. The summed E-state index contributed by atoms with van der Waals surface area (Å²) in [6.45, 7) is 2.27. The maximum Gasteiger partial charge on any atom is 0.224 e. The van der Waals surface area contributed by atoms with Gasteiger partial charge in [0, 0.05) is 12.5 Å². The molecule has 3 rings (SSSR count). The quantitative estimate of drug-likeness (QED) is 0.924. The van der Waals surface area contributed by atoms with Crippen LogP contribution in [0.3, 0.4) is 0 Å². The van der Waals surface area contributed by atoms with Crippen molar-refractivity contribution < 1.29 is 4.79 Å². The van der Waals surface area contributed by atoms with Crippen molar-refractivity contribution >= 4 is 11.6 Å². The first-order chi connectivity index (χ1) is 10.3. The molecule has 0 atom stereocenters. The van der Waals surface area contributed by atoms with Gasteiger partial charge < -0.3 is 10.2 Å². The standard InChI is InChI=1S/C17H21N3O/c18-12-14-3-1-2-4-16(14)19-17(21)11-13-7-9-20(10-8-13)15-5-6-15/h1-4,13,15H,5-11H2,(H,19,21). The Bertz CT molecular complexity index is 551. The lowest BCUT2D eigenvalue weighted by Gasteiger charge is -2.31. The van der Waals surface area contributed by atoms with Gasteiger partial charge in [-0.1, -0.05) is 12.1 Å². The van der Waals surface area contributed by atoms with Gasteiger partial charge in [0.2, 0.25) is 5.91 Å². The second-order valence-electron chi connectivity index (χ2n) is 6.12. The second-order valence-corrected chi connectivity index (χ2v) is 6.12. The summed E-state index contributed by atoms with van der Waals surface area (Å²) in [6, 6.07) is 10.1. The number of anilines is 1. The van der Waals surface area contributed by atoms with Gasteiger partial charge in [-0.3, -0.25) is 4.79 Å². The molecule has 1 aliphatic carbocycles. The highest BCUT2D eigenvalue weighted by Gasteiger charge is 2.32. The third-order valence-electron chi connectivity index (χ3n) is 4.51. The topological polar surface area (TPSA) is 56.1 Å². The predicted octanol–water partition coefficient (Wildman–Crippen LogP) is 2.76. The lowest BCUT2D eigenvalue weighted by Crippen LogP contribution is -2.36. The lowest BCUT2D eigenvalue weighted by molar-refractivity contribution is -0.117. The highest BCUT2D eigenvalue weighted by molar-refractivity contribution is 5.92. The minimum atomic E-state index is 0.0302. The molecule has 0 unspecified atom stereocenters. The number of nitrogens with one attached hydrogen (secondary N) is 1. The van der Waals surface area contributed by atoms with Crippen molar-refractivity contribution in [1.29, 1.82) is 5.26 Å². The summed E-state index contributed by atoms with van der Waals surface area (Å²) in [7, 11) is 0. The zero-order chi connectivity index (χ0) is 14.7. The average molecular weight is 283 g/mol. The number of hydrogen-bond acceptors (Lipinski definition) is 3. The Morgan fingerprint density at radius 3 is 2.62 bits per heavy atom. The van der Waals surface area contributed by atoms with Gasteiger partial charge in [-0.15, -0.1) is 0 Å². The van der Waals surface area contributed by atoms with E-state index in [2.05, 4.69) is 16.3 Å². The summed E-state index contributed by atoms with van der Waals surface area (Å²) >= 11 is 0. The average Bonchev–Trinajstić information content (AvgIpc) is 3.33. The van der Waals surface area contributed by atoms with E-state index in [1.807, 2.05) is 12.1 Å². The van der Waals surface area contributed by atoms with Gasteiger partial charge in [0.1, 0.15) is 6.07 Å². The predicted molar refractivity (Wildman–Crippen MR) is 81.7 cm³/mol. The normalized spacial score (nSPS) is 20.0. The molecule has 1 N–H and O–H groups in total. The van der Waals surface area contributed by atoms with Gasteiger partial charge in [0.15, 0.2) is 0 Å². The number of para-hydroxylation sites is 1. The van der Waals surface area contributed by atoms with Gasteiger partial charge in [-0.2, -0.15) is 5.26 Å². The molecule has 0 bridgehead atoms. The van der Waals surface area contributed by atoms with Crippen LogP contribution in [-0.2, 0) is 4.79 Å². The molecule has 1 aromatic rings. The van der Waals surface area contributed by atoms with E-state index in [0.717, 1.165) is 32.0 Å². The molecule has 21 heavy (non-hydrogen) atoms. The molecule has 2 fully saturated rings. The molecule has 4 heteroatoms. The first-order valence-electron chi connectivity index (χ1n) is 7.79. The van der Waals surface area contributed by atoms with E-state index in [1.54, 1.807) is 12.1 Å². The third-order valence-corrected chi connectivity index (χ3v) is 4.51. The number of carbonyl (C=O) groups is 1. The molecular weight excluding hydrogens is 262 g/mol. The molecule has 110 valence electrons. The highest BCUT2D eigenvalue weighted by Crippen LogP contribution is 2.31. The zero-order valence-corrected chi connectivity index (χ0v) is 12.2. The number of piperidine rings is 1. The third kappa shape index (κ3) is 3.62. The van der Waals surface area contributed by atoms with Gasteiger partial charge >= 0.3 is 0 Å². The minimum Gasteiger partial charge on any atom is -0.325 e. The second kappa shape index (κ2) is 6.28. The van der Waals surface area contributed by atoms with E-state index < -0.39 is 0 Å². The van der Waals surface area contributed by atoms with E-state index in [1.165, 1.54) is 12.8 Å². The Balaban J connectivity index is 1.49. The lowest BCUT2D eigenvalue weighted by atomic mass is 9.93. The number of hydrogen-bond donors (Lipinski definition) is 1. The van der Waals surface area contributed by atoms with E-state index in [-0.39, 0.29) is 5.91 Å². The maximum atomic E-state index is 12.1. The number of amides is 1. The molecule has 1 aliphatic heterocycles. The molecule has 0 spiro atoms. The van der Waals surface area contributed by atoms with Crippen LogP contribution in [0.15, 0.2) is 24.3 Å². The fraction of sp³-hybridized carbons (Fsp3) is 0.529. The molecular formula is C17H21N3O.